The first-order valence-electron chi connectivity index (χ1n) is 22.3. The van der Waals surface area contributed by atoms with Gasteiger partial charge in [0, 0.05) is 0 Å². The van der Waals surface area contributed by atoms with Crippen LogP contribution in [0, 0.1) is 13.8 Å². The predicted molar refractivity (Wildman–Crippen MR) is 264 cm³/mol. The molecule has 294 valence electrons. The van der Waals surface area contributed by atoms with Gasteiger partial charge in [0.15, 0.2) is 0 Å². The maximum absolute atomic E-state index is 2.53. The maximum Gasteiger partial charge on any atom is -0.00988 e. The molecule has 61 heavy (non-hydrogen) atoms. The summed E-state index contributed by atoms with van der Waals surface area (Å²) >= 11 is 0. The minimum atomic E-state index is 0.607. The fourth-order valence-corrected chi connectivity index (χ4v) is 10.2. The Bertz CT molecular complexity index is 3320. The van der Waals surface area contributed by atoms with Gasteiger partial charge in [0.25, 0.3) is 0 Å². The molecular weight excluding hydrogens is 733 g/mol. The first-order valence-corrected chi connectivity index (χ1v) is 22.3. The van der Waals surface area contributed by atoms with E-state index in [9.17, 15) is 0 Å². The minimum absolute atomic E-state index is 0.607. The van der Waals surface area contributed by atoms with Crippen LogP contribution in [0.1, 0.15) is 60.8 Å². The molecule has 0 atom stereocenters. The van der Waals surface area contributed by atoms with Crippen molar-refractivity contribution in [1.29, 1.82) is 0 Å². The third kappa shape index (κ3) is 6.72. The summed E-state index contributed by atoms with van der Waals surface area (Å²) in [5, 5.41) is 10.3. The van der Waals surface area contributed by atoms with Crippen molar-refractivity contribution in [1.82, 2.24) is 0 Å². The minimum Gasteiger partial charge on any atom is -0.0651 e. The summed E-state index contributed by atoms with van der Waals surface area (Å²) in [5.41, 5.74) is 18.6. The molecule has 0 aliphatic heterocycles. The van der Waals surface area contributed by atoms with E-state index in [1.54, 1.807) is 0 Å². The standard InChI is InChI=1S/C61H50/c1-4-12-43-24-27-48(46-25-21-41-13-5-6-14-45(41)32-46)35-59(43)57-38-58(40(3)31-39(57)2)61-36-49(29-30-54(61)44-16-11-17-44)47-26-22-42-23-28-51(34-52(42)33-47)60-37-50-15-7-8-18-53(50)55-19-9-10-20-56(55)60/h5-10,13-15,18-38,44H,4,11-12,16-17H2,1-3H3. The Balaban J connectivity index is 1.03. The third-order valence-electron chi connectivity index (χ3n) is 13.7. The van der Waals surface area contributed by atoms with E-state index in [-0.39, 0.29) is 0 Å². The first-order chi connectivity index (χ1) is 30.0. The quantitative estimate of drug-likeness (QED) is 0.135. The first kappa shape index (κ1) is 37.3. The molecule has 0 amide bonds. The Morgan fingerprint density at radius 3 is 1.64 bits per heavy atom. The Morgan fingerprint density at radius 1 is 0.377 bits per heavy atom. The molecule has 1 aliphatic rings. The van der Waals surface area contributed by atoms with E-state index in [1.807, 2.05) is 0 Å². The molecule has 10 aromatic rings. The molecule has 1 fully saturated rings. The Morgan fingerprint density at radius 2 is 0.918 bits per heavy atom. The van der Waals surface area contributed by atoms with E-state index < -0.39 is 0 Å². The van der Waals surface area contributed by atoms with Crippen LogP contribution in [-0.4, -0.2) is 0 Å². The van der Waals surface area contributed by atoms with E-state index in [1.165, 1.54) is 140 Å². The van der Waals surface area contributed by atoms with Gasteiger partial charge in [-0.05, 0) is 202 Å². The molecule has 0 radical (unpaired) electrons. The summed E-state index contributed by atoms with van der Waals surface area (Å²) in [4.78, 5) is 0. The van der Waals surface area contributed by atoms with Gasteiger partial charge in [-0.15, -0.1) is 0 Å². The third-order valence-corrected chi connectivity index (χ3v) is 13.7. The zero-order chi connectivity index (χ0) is 41.0. The van der Waals surface area contributed by atoms with Crippen molar-refractivity contribution >= 4 is 43.1 Å². The van der Waals surface area contributed by atoms with Crippen LogP contribution in [0.25, 0.3) is 98.7 Å². The van der Waals surface area contributed by atoms with E-state index in [4.69, 9.17) is 0 Å². The van der Waals surface area contributed by atoms with Crippen molar-refractivity contribution in [2.24, 2.45) is 0 Å². The highest BCUT2D eigenvalue weighted by Gasteiger charge is 2.25. The second kappa shape index (κ2) is 15.4. The number of aryl methyl sites for hydroxylation is 3. The molecular formula is C61H50. The number of hydrogen-bond acceptors (Lipinski definition) is 0. The van der Waals surface area contributed by atoms with E-state index >= 15 is 0 Å². The summed E-state index contributed by atoms with van der Waals surface area (Å²) in [6, 6.07) is 69.1. The Kier molecular flexibility index (Phi) is 9.38. The molecule has 0 bridgehead atoms. The van der Waals surface area contributed by atoms with Crippen LogP contribution in [0.4, 0.5) is 0 Å². The van der Waals surface area contributed by atoms with Crippen molar-refractivity contribution in [3.63, 3.8) is 0 Å². The largest absolute Gasteiger partial charge is 0.0651 e. The highest BCUT2D eigenvalue weighted by Crippen LogP contribution is 2.46. The molecule has 0 spiro atoms. The normalized spacial score (nSPS) is 13.0. The fraction of sp³-hybridized carbons (Fsp3) is 0.148. The number of rotatable bonds is 8. The van der Waals surface area contributed by atoms with E-state index in [0.717, 1.165) is 12.8 Å². The fourth-order valence-electron chi connectivity index (χ4n) is 10.2. The molecule has 10 aromatic carbocycles. The number of fused-ring (bicyclic) bond motifs is 5. The number of hydrogen-bond donors (Lipinski definition) is 0. The SMILES string of the molecule is CCCc1ccc(-c2ccc3ccccc3c2)cc1-c1cc(-c2cc(-c3ccc4ccc(-c5cc6ccccc6c6ccccc56)cc4c3)ccc2C2CCC2)c(C)cc1C. The van der Waals surface area contributed by atoms with Gasteiger partial charge in [0.1, 0.15) is 0 Å². The summed E-state index contributed by atoms with van der Waals surface area (Å²) in [6.07, 6.45) is 6.01. The lowest BCUT2D eigenvalue weighted by atomic mass is 9.75. The monoisotopic (exact) mass is 782 g/mol. The van der Waals surface area contributed by atoms with Crippen LogP contribution in [0.15, 0.2) is 182 Å². The van der Waals surface area contributed by atoms with E-state index in [2.05, 4.69) is 203 Å². The average molecular weight is 783 g/mol. The predicted octanol–water partition coefficient (Wildman–Crippen LogP) is 17.5. The second-order valence-corrected chi connectivity index (χ2v) is 17.6. The summed E-state index contributed by atoms with van der Waals surface area (Å²) in [7, 11) is 0. The summed E-state index contributed by atoms with van der Waals surface area (Å²) in [5.74, 6) is 0.607. The molecule has 0 unspecified atom stereocenters. The molecule has 0 heteroatoms. The summed E-state index contributed by atoms with van der Waals surface area (Å²) < 4.78 is 0. The van der Waals surface area contributed by atoms with Gasteiger partial charge in [-0.1, -0.05) is 159 Å². The van der Waals surface area contributed by atoms with Crippen LogP contribution < -0.4 is 0 Å². The molecule has 0 nitrogen and oxygen atoms in total. The van der Waals surface area contributed by atoms with Crippen molar-refractivity contribution in [2.45, 2.75) is 58.8 Å². The highest BCUT2D eigenvalue weighted by molar-refractivity contribution is 6.14. The lowest BCUT2D eigenvalue weighted by Gasteiger charge is -2.29. The van der Waals surface area contributed by atoms with Gasteiger partial charge in [0.2, 0.25) is 0 Å². The zero-order valence-corrected chi connectivity index (χ0v) is 35.4. The highest BCUT2D eigenvalue weighted by atomic mass is 14.3. The second-order valence-electron chi connectivity index (χ2n) is 17.6. The van der Waals surface area contributed by atoms with Crippen LogP contribution >= 0.6 is 0 Å². The summed E-state index contributed by atoms with van der Waals surface area (Å²) in [6.45, 7) is 6.91. The van der Waals surface area contributed by atoms with Gasteiger partial charge in [-0.25, -0.2) is 0 Å². The van der Waals surface area contributed by atoms with Gasteiger partial charge in [-0.3, -0.25) is 0 Å². The van der Waals surface area contributed by atoms with Gasteiger partial charge >= 0.3 is 0 Å². The average Bonchev–Trinajstić information content (AvgIpc) is 3.28. The van der Waals surface area contributed by atoms with Crippen LogP contribution in [-0.2, 0) is 6.42 Å². The Labute approximate surface area is 360 Å². The maximum atomic E-state index is 2.53. The van der Waals surface area contributed by atoms with Gasteiger partial charge in [0.05, 0.1) is 0 Å². The number of benzene rings is 10. The topological polar surface area (TPSA) is 0 Å². The van der Waals surface area contributed by atoms with Crippen LogP contribution in [0.5, 0.6) is 0 Å². The Hall–Kier alpha value is -6.76. The van der Waals surface area contributed by atoms with Gasteiger partial charge < -0.3 is 0 Å². The van der Waals surface area contributed by atoms with Gasteiger partial charge in [-0.2, -0.15) is 0 Å². The molecule has 11 rings (SSSR count). The van der Waals surface area contributed by atoms with E-state index in [0.29, 0.717) is 5.92 Å². The van der Waals surface area contributed by atoms with Crippen LogP contribution in [0.3, 0.4) is 0 Å². The van der Waals surface area contributed by atoms with Crippen molar-refractivity contribution < 1.29 is 0 Å². The molecule has 1 aliphatic carbocycles. The zero-order valence-electron chi connectivity index (χ0n) is 35.4. The lowest BCUT2D eigenvalue weighted by molar-refractivity contribution is 0.420. The van der Waals surface area contributed by atoms with Crippen molar-refractivity contribution in [2.75, 3.05) is 0 Å². The smallest absolute Gasteiger partial charge is 0.00988 e. The molecule has 1 saturated carbocycles. The molecule has 0 heterocycles. The van der Waals surface area contributed by atoms with Crippen LogP contribution in [0.2, 0.25) is 0 Å². The van der Waals surface area contributed by atoms with Crippen molar-refractivity contribution in [3.8, 4) is 55.6 Å². The molecule has 0 saturated heterocycles. The molecule has 0 N–H and O–H groups in total. The lowest BCUT2D eigenvalue weighted by Crippen LogP contribution is -2.10. The molecule has 0 aromatic heterocycles. The van der Waals surface area contributed by atoms with Crippen molar-refractivity contribution in [3.05, 3.63) is 204 Å².